The lowest BCUT2D eigenvalue weighted by Crippen LogP contribution is -2.80. The molecule has 0 spiro atoms. The summed E-state index contributed by atoms with van der Waals surface area (Å²) in [4.78, 5) is 37.9. The Morgan fingerprint density at radius 2 is 2.09 bits per heavy atom. The number of nitrogens with one attached hydrogen (secondary N) is 1. The fourth-order valence-corrected chi connectivity index (χ4v) is 6.01. The average molecular weight is 514 g/mol. The number of hydrogen-bond acceptors (Lipinski definition) is 9. The molecule has 3 heterocycles. The van der Waals surface area contributed by atoms with Gasteiger partial charge in [0.2, 0.25) is 5.91 Å². The zero-order chi connectivity index (χ0) is 23.8. The Morgan fingerprint density at radius 1 is 1.41 bits per heavy atom. The van der Waals surface area contributed by atoms with Crippen molar-refractivity contribution in [2.45, 2.75) is 28.7 Å². The van der Waals surface area contributed by atoms with E-state index in [1.165, 1.54) is 11.8 Å². The second kappa shape index (κ2) is 9.15. The first-order valence-electron chi connectivity index (χ1n) is 8.87. The lowest BCUT2D eigenvalue weighted by molar-refractivity contribution is -0.192. The van der Waals surface area contributed by atoms with E-state index in [1.807, 2.05) is 0 Å². The first-order valence-corrected chi connectivity index (χ1v) is 11.9. The molecule has 32 heavy (non-hydrogen) atoms. The van der Waals surface area contributed by atoms with Crippen LogP contribution < -0.4 is 5.32 Å². The number of alkyl halides is 3. The Hall–Kier alpha value is -1.91. The molecule has 0 saturated carbocycles. The number of fused-ring (bicyclic) bond motifs is 1. The summed E-state index contributed by atoms with van der Waals surface area (Å²) in [5, 5.41) is 19.5. The Kier molecular flexibility index (Phi) is 7.07. The molecule has 2 atom stereocenters. The van der Waals surface area contributed by atoms with Crippen LogP contribution >= 0.6 is 35.3 Å². The summed E-state index contributed by atoms with van der Waals surface area (Å²) in [6.07, 6.45) is 0. The van der Waals surface area contributed by atoms with E-state index in [4.69, 9.17) is 4.74 Å². The SMILES string of the molecule is CO[C@@]1(NC(=O)CSC(F)(F)F)C(=O)N2C(C(=O)O)=C(CSc3nnc(C)n3C)CS[C@H]21. The van der Waals surface area contributed by atoms with Crippen molar-refractivity contribution in [1.29, 1.82) is 0 Å². The van der Waals surface area contributed by atoms with Crippen LogP contribution in [0.4, 0.5) is 13.2 Å². The number of carboxylic acid groups (broad SMARTS) is 1. The highest BCUT2D eigenvalue weighted by Gasteiger charge is 2.66. The highest BCUT2D eigenvalue weighted by Crippen LogP contribution is 2.47. The van der Waals surface area contributed by atoms with Gasteiger partial charge in [0.05, 0.1) is 5.75 Å². The molecule has 0 aromatic carbocycles. The number of rotatable bonds is 8. The monoisotopic (exact) mass is 513 g/mol. The molecule has 2 aliphatic heterocycles. The highest BCUT2D eigenvalue weighted by atomic mass is 32.2. The highest BCUT2D eigenvalue weighted by molar-refractivity contribution is 8.01. The van der Waals surface area contributed by atoms with Gasteiger partial charge in [0.1, 0.15) is 16.9 Å². The molecule has 1 aromatic rings. The normalized spacial score (nSPS) is 23.1. The minimum Gasteiger partial charge on any atom is -0.477 e. The van der Waals surface area contributed by atoms with E-state index in [0.29, 0.717) is 16.6 Å². The topological polar surface area (TPSA) is 127 Å². The zero-order valence-electron chi connectivity index (χ0n) is 16.9. The van der Waals surface area contributed by atoms with Crippen LogP contribution in [0.25, 0.3) is 0 Å². The van der Waals surface area contributed by atoms with Crippen molar-refractivity contribution in [1.82, 2.24) is 25.0 Å². The fourth-order valence-electron chi connectivity index (χ4n) is 3.11. The van der Waals surface area contributed by atoms with Crippen molar-refractivity contribution in [2.75, 3.05) is 24.4 Å². The molecule has 2 aliphatic rings. The number of hydrogen-bond donors (Lipinski definition) is 2. The predicted octanol–water partition coefficient (Wildman–Crippen LogP) is 1.18. The number of carbonyl (C=O) groups excluding carboxylic acids is 2. The van der Waals surface area contributed by atoms with E-state index >= 15 is 0 Å². The number of aromatic nitrogens is 3. The first-order chi connectivity index (χ1) is 14.9. The summed E-state index contributed by atoms with van der Waals surface area (Å²) in [5.41, 5.74) is -6.33. The van der Waals surface area contributed by atoms with Gasteiger partial charge in [0, 0.05) is 25.7 Å². The molecule has 0 radical (unpaired) electrons. The average Bonchev–Trinajstić information content (AvgIpc) is 3.05. The van der Waals surface area contributed by atoms with Gasteiger partial charge < -0.3 is 19.7 Å². The number of nitrogens with zero attached hydrogens (tertiary/aromatic N) is 4. The van der Waals surface area contributed by atoms with E-state index in [2.05, 4.69) is 15.5 Å². The van der Waals surface area contributed by atoms with Crippen molar-refractivity contribution in [3.8, 4) is 0 Å². The molecular weight excluding hydrogens is 495 g/mol. The predicted molar refractivity (Wildman–Crippen MR) is 111 cm³/mol. The Balaban J connectivity index is 1.78. The van der Waals surface area contributed by atoms with Gasteiger partial charge in [-0.15, -0.1) is 22.0 Å². The second-order valence-electron chi connectivity index (χ2n) is 6.70. The number of methoxy groups -OCH3 is 1. The molecule has 1 fully saturated rings. The van der Waals surface area contributed by atoms with Crippen LogP contribution in [0.3, 0.4) is 0 Å². The molecule has 176 valence electrons. The molecule has 1 saturated heterocycles. The lowest BCUT2D eigenvalue weighted by Gasteiger charge is -2.55. The second-order valence-corrected chi connectivity index (χ2v) is 9.75. The van der Waals surface area contributed by atoms with E-state index < -0.39 is 51.9 Å². The molecule has 1 aromatic heterocycles. The third-order valence-corrected chi connectivity index (χ3v) is 7.97. The smallest absolute Gasteiger partial charge is 0.442 e. The maximum Gasteiger partial charge on any atom is 0.442 e. The largest absolute Gasteiger partial charge is 0.477 e. The van der Waals surface area contributed by atoms with Crippen LogP contribution in [0.15, 0.2) is 16.4 Å². The third kappa shape index (κ3) is 4.58. The number of thioether (sulfide) groups is 3. The number of aliphatic carboxylic acids is 1. The van der Waals surface area contributed by atoms with Crippen molar-refractivity contribution in [2.24, 2.45) is 7.05 Å². The summed E-state index contributed by atoms with van der Waals surface area (Å²) in [5.74, 6) is -3.10. The summed E-state index contributed by atoms with van der Waals surface area (Å²) in [6, 6.07) is 0. The van der Waals surface area contributed by atoms with Gasteiger partial charge in [-0.25, -0.2) is 4.79 Å². The number of ether oxygens (including phenoxy) is 1. The number of aryl methyl sites for hydroxylation is 1. The van der Waals surface area contributed by atoms with Crippen LogP contribution in [-0.4, -0.2) is 83.5 Å². The quantitative estimate of drug-likeness (QED) is 0.297. The van der Waals surface area contributed by atoms with Gasteiger partial charge in [-0.3, -0.25) is 14.5 Å². The van der Waals surface area contributed by atoms with Crippen LogP contribution in [0, 0.1) is 6.92 Å². The summed E-state index contributed by atoms with van der Waals surface area (Å²) in [7, 11) is 2.89. The van der Waals surface area contributed by atoms with E-state index in [-0.39, 0.29) is 17.2 Å². The molecule has 16 heteroatoms. The van der Waals surface area contributed by atoms with Crippen LogP contribution in [0.5, 0.6) is 0 Å². The molecule has 0 aliphatic carbocycles. The summed E-state index contributed by atoms with van der Waals surface area (Å²) in [6.45, 7) is 1.77. The van der Waals surface area contributed by atoms with Gasteiger partial charge >= 0.3 is 11.5 Å². The lowest BCUT2D eigenvalue weighted by atomic mass is 9.98. The maximum absolute atomic E-state index is 12.9. The number of amides is 2. The molecule has 2 amide bonds. The number of carboxylic acids is 1. The zero-order valence-corrected chi connectivity index (χ0v) is 19.4. The summed E-state index contributed by atoms with van der Waals surface area (Å²) < 4.78 is 44.0. The van der Waals surface area contributed by atoms with Gasteiger partial charge in [-0.2, -0.15) is 13.2 Å². The van der Waals surface area contributed by atoms with E-state index in [9.17, 15) is 32.7 Å². The molecular formula is C16H18F3N5O5S3. The molecule has 10 nitrogen and oxygen atoms in total. The molecule has 0 bridgehead atoms. The van der Waals surface area contributed by atoms with Crippen molar-refractivity contribution in [3.63, 3.8) is 0 Å². The van der Waals surface area contributed by atoms with Gasteiger partial charge in [-0.1, -0.05) is 11.8 Å². The molecule has 3 rings (SSSR count). The summed E-state index contributed by atoms with van der Waals surface area (Å²) >= 11 is 1.86. The minimum absolute atomic E-state index is 0.207. The van der Waals surface area contributed by atoms with Crippen molar-refractivity contribution in [3.05, 3.63) is 17.1 Å². The van der Waals surface area contributed by atoms with E-state index in [0.717, 1.165) is 23.8 Å². The van der Waals surface area contributed by atoms with Gasteiger partial charge in [0.25, 0.3) is 11.6 Å². The Bertz CT molecular complexity index is 985. The van der Waals surface area contributed by atoms with Gasteiger partial charge in [-0.05, 0) is 24.3 Å². The van der Waals surface area contributed by atoms with Crippen molar-refractivity contribution < 1.29 is 37.4 Å². The van der Waals surface area contributed by atoms with Gasteiger partial charge in [0.15, 0.2) is 5.16 Å². The van der Waals surface area contributed by atoms with Crippen LogP contribution in [0.1, 0.15) is 5.82 Å². The fraction of sp³-hybridized carbons (Fsp3) is 0.562. The number of carbonyl (C=O) groups is 3. The molecule has 2 N–H and O–H groups in total. The van der Waals surface area contributed by atoms with Crippen LogP contribution in [-0.2, 0) is 26.2 Å². The number of halogens is 3. The third-order valence-electron chi connectivity index (χ3n) is 4.75. The standard InChI is InChI=1S/C16H18F3N5O5S3/c1-7-21-22-14(23(7)2)31-5-8-4-30-13-15(29-3,12(28)24(13)10(8)11(26)27)20-9(25)6-32-16(17,18)19/h13H,4-6H2,1-3H3,(H,20,25)(H,26,27)/t13-,15-/m0/s1. The van der Waals surface area contributed by atoms with Crippen LogP contribution in [0.2, 0.25) is 0 Å². The van der Waals surface area contributed by atoms with E-state index in [1.54, 1.807) is 18.5 Å². The Morgan fingerprint density at radius 3 is 2.62 bits per heavy atom. The minimum atomic E-state index is -4.61. The maximum atomic E-state index is 12.9. The Labute approximate surface area is 192 Å². The van der Waals surface area contributed by atoms with Crippen molar-refractivity contribution >= 4 is 53.1 Å². The first kappa shape index (κ1) is 24.7. The molecule has 0 unspecified atom stereocenters. The number of β-lactam (4-membered cyclic amide) rings is 1.